The fourth-order valence-corrected chi connectivity index (χ4v) is 2.62. The number of allylic oxidation sites excluding steroid dienone is 2. The van der Waals surface area contributed by atoms with Crippen molar-refractivity contribution >= 4 is 22.8 Å². The summed E-state index contributed by atoms with van der Waals surface area (Å²) < 4.78 is 3.54. The molecule has 1 N–H and O–H groups in total. The molecule has 0 spiro atoms. The zero-order valence-corrected chi connectivity index (χ0v) is 10.8. The second-order valence-electron chi connectivity index (χ2n) is 3.80. The summed E-state index contributed by atoms with van der Waals surface area (Å²) in [6.07, 6.45) is 3.30. The maximum Gasteiger partial charge on any atom is 0.345 e. The Hall–Kier alpha value is -1.49. The summed E-state index contributed by atoms with van der Waals surface area (Å²) in [5.41, 5.74) is 0.526. The minimum absolute atomic E-state index is 0.263. The Morgan fingerprint density at radius 2 is 2.18 bits per heavy atom. The van der Waals surface area contributed by atoms with E-state index in [0.717, 1.165) is 17.3 Å². The van der Waals surface area contributed by atoms with E-state index in [-0.39, 0.29) is 11.3 Å². The van der Waals surface area contributed by atoms with E-state index in [0.29, 0.717) is 0 Å². The van der Waals surface area contributed by atoms with Crippen LogP contribution in [0, 0.1) is 0 Å². The minimum Gasteiger partial charge on any atom is -0.509 e. The monoisotopic (exact) mass is 254 g/mol. The van der Waals surface area contributed by atoms with Crippen LogP contribution in [0.2, 0.25) is 0 Å². The fourth-order valence-electron chi connectivity index (χ4n) is 1.51. The van der Waals surface area contributed by atoms with Gasteiger partial charge in [0.05, 0.1) is 11.9 Å². The average molecular weight is 254 g/mol. The summed E-state index contributed by atoms with van der Waals surface area (Å²) in [6, 6.07) is 0. The average Bonchev–Trinajstić information content (AvgIpc) is 2.48. The van der Waals surface area contributed by atoms with E-state index in [9.17, 15) is 14.7 Å². The summed E-state index contributed by atoms with van der Waals surface area (Å²) in [4.78, 5) is 23.0. The highest BCUT2D eigenvalue weighted by Gasteiger charge is 2.45. The van der Waals surface area contributed by atoms with Gasteiger partial charge in [-0.05, 0) is 13.8 Å². The SMILES string of the molecule is C=C/C(C)=C/[C@@]1(C)SC(=O)C(C(=O)OC)=C1O. The first-order valence-electron chi connectivity index (χ1n) is 4.93. The zero-order chi connectivity index (χ0) is 13.2. The molecule has 1 heterocycles. The molecule has 0 amide bonds. The van der Waals surface area contributed by atoms with Crippen molar-refractivity contribution in [3.63, 3.8) is 0 Å². The highest BCUT2D eigenvalue weighted by Crippen LogP contribution is 2.44. The molecule has 0 aromatic heterocycles. The maximum absolute atomic E-state index is 11.7. The van der Waals surface area contributed by atoms with Crippen LogP contribution in [0.25, 0.3) is 0 Å². The van der Waals surface area contributed by atoms with Gasteiger partial charge < -0.3 is 9.84 Å². The van der Waals surface area contributed by atoms with Crippen LogP contribution in [-0.4, -0.2) is 28.0 Å². The van der Waals surface area contributed by atoms with E-state index in [1.165, 1.54) is 7.11 Å². The van der Waals surface area contributed by atoms with Crippen LogP contribution in [0.1, 0.15) is 13.8 Å². The second-order valence-corrected chi connectivity index (χ2v) is 5.23. The maximum atomic E-state index is 11.7. The molecule has 0 saturated carbocycles. The Morgan fingerprint density at radius 3 is 2.65 bits per heavy atom. The Kier molecular flexibility index (Phi) is 3.83. The predicted octanol–water partition coefficient (Wildman–Crippen LogP) is 2.14. The lowest BCUT2D eigenvalue weighted by molar-refractivity contribution is -0.137. The van der Waals surface area contributed by atoms with Crippen LogP contribution >= 0.6 is 11.8 Å². The molecule has 1 aliphatic rings. The first-order chi connectivity index (χ1) is 7.85. The van der Waals surface area contributed by atoms with Crippen LogP contribution in [-0.2, 0) is 14.3 Å². The molecule has 0 bridgehead atoms. The van der Waals surface area contributed by atoms with E-state index in [4.69, 9.17) is 0 Å². The molecule has 17 heavy (non-hydrogen) atoms. The van der Waals surface area contributed by atoms with Gasteiger partial charge >= 0.3 is 5.97 Å². The standard InChI is InChI=1S/C12H14O4S/c1-5-7(2)6-12(3)9(13)8(10(14)16-4)11(15)17-12/h5-6,13H,1H2,2-4H3/b7-6+/t12-/m1/s1. The number of aliphatic hydroxyl groups is 1. The van der Waals surface area contributed by atoms with Gasteiger partial charge in [-0.15, -0.1) is 0 Å². The molecule has 92 valence electrons. The van der Waals surface area contributed by atoms with Gasteiger partial charge in [-0.3, -0.25) is 4.79 Å². The summed E-state index contributed by atoms with van der Waals surface area (Å²) in [6.45, 7) is 7.06. The first-order valence-corrected chi connectivity index (χ1v) is 5.74. The van der Waals surface area contributed by atoms with Crippen LogP contribution in [0.5, 0.6) is 0 Å². The van der Waals surface area contributed by atoms with Crippen molar-refractivity contribution in [2.75, 3.05) is 7.11 Å². The van der Waals surface area contributed by atoms with Crippen LogP contribution in [0.15, 0.2) is 35.6 Å². The van der Waals surface area contributed by atoms with Gasteiger partial charge in [0.25, 0.3) is 0 Å². The molecule has 0 aromatic rings. The second kappa shape index (κ2) is 4.79. The van der Waals surface area contributed by atoms with Gasteiger partial charge in [-0.25, -0.2) is 4.79 Å². The molecular formula is C12H14O4S. The Labute approximate surface area is 104 Å². The number of aliphatic hydroxyl groups excluding tert-OH is 1. The normalized spacial score (nSPS) is 25.1. The summed E-state index contributed by atoms with van der Waals surface area (Å²) in [5.74, 6) is -1.08. The van der Waals surface area contributed by atoms with E-state index in [2.05, 4.69) is 11.3 Å². The van der Waals surface area contributed by atoms with Gasteiger partial charge in [0.1, 0.15) is 5.76 Å². The summed E-state index contributed by atoms with van der Waals surface area (Å²) in [7, 11) is 1.17. The molecule has 1 aliphatic heterocycles. The van der Waals surface area contributed by atoms with Crippen molar-refractivity contribution in [1.82, 2.24) is 0 Å². The number of ether oxygens (including phenoxy) is 1. The molecule has 0 unspecified atom stereocenters. The van der Waals surface area contributed by atoms with Crippen molar-refractivity contribution in [1.29, 1.82) is 0 Å². The lowest BCUT2D eigenvalue weighted by Crippen LogP contribution is -2.18. The van der Waals surface area contributed by atoms with Crippen LogP contribution < -0.4 is 0 Å². The van der Waals surface area contributed by atoms with Crippen LogP contribution in [0.4, 0.5) is 0 Å². The van der Waals surface area contributed by atoms with Crippen molar-refractivity contribution in [3.8, 4) is 0 Å². The van der Waals surface area contributed by atoms with Gasteiger partial charge in [-0.2, -0.15) is 0 Å². The third kappa shape index (κ3) is 2.44. The molecule has 0 fully saturated rings. The zero-order valence-electron chi connectivity index (χ0n) is 9.94. The Balaban J connectivity index is 3.25. The number of carbonyl (C=O) groups excluding carboxylic acids is 2. The number of hydrogen-bond donors (Lipinski definition) is 1. The quantitative estimate of drug-likeness (QED) is 0.475. The van der Waals surface area contributed by atoms with Crippen molar-refractivity contribution in [3.05, 3.63) is 35.6 Å². The van der Waals surface area contributed by atoms with Gasteiger partial charge in [-0.1, -0.05) is 36.1 Å². The number of carbonyl (C=O) groups is 2. The van der Waals surface area contributed by atoms with Gasteiger partial charge in [0.15, 0.2) is 5.57 Å². The molecule has 1 rings (SSSR count). The summed E-state index contributed by atoms with van der Waals surface area (Å²) >= 11 is 0.883. The Morgan fingerprint density at radius 1 is 1.59 bits per heavy atom. The smallest absolute Gasteiger partial charge is 0.345 e. The topological polar surface area (TPSA) is 63.6 Å². The summed E-state index contributed by atoms with van der Waals surface area (Å²) in [5, 5.41) is 9.50. The lowest BCUT2D eigenvalue weighted by Gasteiger charge is -2.18. The number of rotatable bonds is 3. The molecule has 5 heteroatoms. The molecule has 1 atom stereocenters. The highest BCUT2D eigenvalue weighted by molar-refractivity contribution is 8.16. The van der Waals surface area contributed by atoms with E-state index in [1.54, 1.807) is 26.0 Å². The van der Waals surface area contributed by atoms with E-state index in [1.807, 2.05) is 0 Å². The van der Waals surface area contributed by atoms with Crippen molar-refractivity contribution in [2.45, 2.75) is 18.6 Å². The number of hydrogen-bond acceptors (Lipinski definition) is 5. The highest BCUT2D eigenvalue weighted by atomic mass is 32.2. The number of methoxy groups -OCH3 is 1. The largest absolute Gasteiger partial charge is 0.509 e. The molecule has 0 saturated heterocycles. The predicted molar refractivity (Wildman–Crippen MR) is 66.6 cm³/mol. The fraction of sp³-hybridized carbons (Fsp3) is 0.333. The third-order valence-corrected chi connectivity index (χ3v) is 3.56. The molecule has 0 aliphatic carbocycles. The lowest BCUT2D eigenvalue weighted by atomic mass is 10.0. The van der Waals surface area contributed by atoms with Gasteiger partial charge in [0.2, 0.25) is 5.12 Å². The van der Waals surface area contributed by atoms with E-state index >= 15 is 0 Å². The van der Waals surface area contributed by atoms with E-state index < -0.39 is 15.8 Å². The molecule has 0 radical (unpaired) electrons. The Bertz CT molecular complexity index is 447. The number of esters is 1. The van der Waals surface area contributed by atoms with Gasteiger partial charge in [0, 0.05) is 0 Å². The third-order valence-electron chi connectivity index (χ3n) is 2.43. The van der Waals surface area contributed by atoms with Crippen molar-refractivity contribution in [2.24, 2.45) is 0 Å². The first kappa shape index (κ1) is 13.6. The molecule has 0 aromatic carbocycles. The minimum atomic E-state index is -0.932. The molecular weight excluding hydrogens is 240 g/mol. The number of thioether (sulfide) groups is 1. The van der Waals surface area contributed by atoms with Crippen LogP contribution in [0.3, 0.4) is 0 Å². The van der Waals surface area contributed by atoms with Crippen molar-refractivity contribution < 1.29 is 19.4 Å². The molecule has 4 nitrogen and oxygen atoms in total.